The zero-order valence-electron chi connectivity index (χ0n) is 10.5. The Balaban J connectivity index is 1.89. The summed E-state index contributed by atoms with van der Waals surface area (Å²) in [6.45, 7) is 0. The third-order valence-corrected chi connectivity index (χ3v) is 4.47. The molecule has 2 aromatic carbocycles. The fourth-order valence-electron chi connectivity index (χ4n) is 1.72. The molecule has 0 saturated heterocycles. The highest BCUT2D eigenvalue weighted by Crippen LogP contribution is 2.24. The van der Waals surface area contributed by atoms with Crippen LogP contribution >= 0.6 is 35.0 Å². The van der Waals surface area contributed by atoms with E-state index in [1.54, 1.807) is 24.3 Å². The van der Waals surface area contributed by atoms with Crippen LogP contribution in [0.25, 0.3) is 0 Å². The van der Waals surface area contributed by atoms with Gasteiger partial charge in [-0.25, -0.2) is 4.39 Å². The van der Waals surface area contributed by atoms with Crippen molar-refractivity contribution in [2.75, 3.05) is 5.75 Å². The van der Waals surface area contributed by atoms with Gasteiger partial charge in [0.15, 0.2) is 0 Å². The lowest BCUT2D eigenvalue weighted by Crippen LogP contribution is -2.13. The number of benzene rings is 2. The van der Waals surface area contributed by atoms with Crippen molar-refractivity contribution in [1.82, 2.24) is 0 Å². The molecule has 0 heterocycles. The van der Waals surface area contributed by atoms with Crippen LogP contribution in [0.2, 0.25) is 10.0 Å². The van der Waals surface area contributed by atoms with Crippen LogP contribution in [0, 0.1) is 5.82 Å². The maximum absolute atomic E-state index is 12.8. The highest BCUT2D eigenvalue weighted by Gasteiger charge is 2.10. The molecule has 0 radical (unpaired) electrons. The number of thioether (sulfide) groups is 1. The fraction of sp³-hybridized carbons (Fsp3) is 0.200. The Morgan fingerprint density at radius 2 is 1.80 bits per heavy atom. The molecule has 0 spiro atoms. The quantitative estimate of drug-likeness (QED) is 0.792. The van der Waals surface area contributed by atoms with Gasteiger partial charge in [0.2, 0.25) is 0 Å². The van der Waals surface area contributed by atoms with E-state index in [4.69, 9.17) is 23.2 Å². The van der Waals surface area contributed by atoms with Gasteiger partial charge in [0.25, 0.3) is 0 Å². The molecule has 1 unspecified atom stereocenters. The van der Waals surface area contributed by atoms with Crippen LogP contribution in [0.15, 0.2) is 47.4 Å². The van der Waals surface area contributed by atoms with Crippen LogP contribution in [-0.4, -0.2) is 17.0 Å². The first-order chi connectivity index (χ1) is 9.54. The Hall–Kier alpha value is -0.740. The van der Waals surface area contributed by atoms with Crippen molar-refractivity contribution >= 4 is 35.0 Å². The van der Waals surface area contributed by atoms with Gasteiger partial charge in [-0.05, 0) is 42.0 Å². The monoisotopic (exact) mass is 330 g/mol. The lowest BCUT2D eigenvalue weighted by molar-refractivity contribution is 0.200. The molecule has 2 rings (SSSR count). The lowest BCUT2D eigenvalue weighted by Gasteiger charge is -2.11. The van der Waals surface area contributed by atoms with Crippen molar-refractivity contribution in [2.45, 2.75) is 17.4 Å². The zero-order chi connectivity index (χ0) is 14.5. The summed E-state index contributed by atoms with van der Waals surface area (Å²) in [5.74, 6) is 0.257. The largest absolute Gasteiger partial charge is 0.392 e. The highest BCUT2D eigenvalue weighted by molar-refractivity contribution is 7.99. The summed E-state index contributed by atoms with van der Waals surface area (Å²) in [4.78, 5) is 0.924. The molecule has 0 aromatic heterocycles. The third-order valence-electron chi connectivity index (χ3n) is 2.73. The van der Waals surface area contributed by atoms with E-state index in [0.717, 1.165) is 10.5 Å². The van der Waals surface area contributed by atoms with Gasteiger partial charge >= 0.3 is 0 Å². The van der Waals surface area contributed by atoms with E-state index in [0.29, 0.717) is 22.2 Å². The predicted octanol–water partition coefficient (Wildman–Crippen LogP) is 4.83. The molecule has 5 heteroatoms. The van der Waals surface area contributed by atoms with Gasteiger partial charge in [-0.3, -0.25) is 0 Å². The minimum atomic E-state index is -0.524. The van der Waals surface area contributed by atoms with E-state index in [-0.39, 0.29) is 5.82 Å². The molecule has 0 aliphatic carbocycles. The summed E-state index contributed by atoms with van der Waals surface area (Å²) in [5.41, 5.74) is 0.864. The topological polar surface area (TPSA) is 20.2 Å². The zero-order valence-corrected chi connectivity index (χ0v) is 12.9. The van der Waals surface area contributed by atoms with Crippen molar-refractivity contribution in [3.63, 3.8) is 0 Å². The molecule has 1 atom stereocenters. The van der Waals surface area contributed by atoms with Crippen LogP contribution in [-0.2, 0) is 6.42 Å². The molecule has 0 aliphatic rings. The SMILES string of the molecule is OC(CSc1ccc(F)cc1)Cc1ccc(Cl)cc1Cl. The molecular formula is C15H13Cl2FOS. The Morgan fingerprint density at radius 3 is 2.45 bits per heavy atom. The summed E-state index contributed by atoms with van der Waals surface area (Å²) < 4.78 is 12.8. The number of halogens is 3. The summed E-state index contributed by atoms with van der Waals surface area (Å²) >= 11 is 13.4. The maximum Gasteiger partial charge on any atom is 0.123 e. The van der Waals surface area contributed by atoms with Crippen molar-refractivity contribution in [1.29, 1.82) is 0 Å². The Kier molecular flexibility index (Phi) is 5.73. The first kappa shape index (κ1) is 15.6. The summed E-state index contributed by atoms with van der Waals surface area (Å²) in [6.07, 6.45) is -0.0618. The summed E-state index contributed by atoms with van der Waals surface area (Å²) in [6, 6.07) is 11.4. The molecule has 0 aliphatic heterocycles. The molecule has 0 saturated carbocycles. The second-order valence-electron chi connectivity index (χ2n) is 4.36. The minimum absolute atomic E-state index is 0.261. The number of rotatable bonds is 5. The van der Waals surface area contributed by atoms with E-state index in [2.05, 4.69) is 0 Å². The van der Waals surface area contributed by atoms with Gasteiger partial charge in [-0.2, -0.15) is 0 Å². The highest BCUT2D eigenvalue weighted by atomic mass is 35.5. The van der Waals surface area contributed by atoms with Crippen LogP contribution in [0.1, 0.15) is 5.56 Å². The van der Waals surface area contributed by atoms with E-state index in [9.17, 15) is 9.50 Å². The normalized spacial score (nSPS) is 12.4. The summed E-state index contributed by atoms with van der Waals surface area (Å²) in [7, 11) is 0. The number of aliphatic hydroxyl groups is 1. The second-order valence-corrected chi connectivity index (χ2v) is 6.30. The average molecular weight is 331 g/mol. The van der Waals surface area contributed by atoms with Gasteiger partial charge in [0.05, 0.1) is 6.10 Å². The van der Waals surface area contributed by atoms with Crippen molar-refractivity contribution in [3.05, 3.63) is 63.9 Å². The van der Waals surface area contributed by atoms with Gasteiger partial charge in [0.1, 0.15) is 5.82 Å². The molecule has 1 nitrogen and oxygen atoms in total. The first-order valence-corrected chi connectivity index (χ1v) is 7.79. The van der Waals surface area contributed by atoms with Crippen LogP contribution in [0.3, 0.4) is 0 Å². The van der Waals surface area contributed by atoms with Crippen LogP contribution < -0.4 is 0 Å². The Morgan fingerprint density at radius 1 is 1.10 bits per heavy atom. The number of aliphatic hydroxyl groups excluding tert-OH is 1. The van der Waals surface area contributed by atoms with E-state index in [1.165, 1.54) is 23.9 Å². The molecule has 0 fully saturated rings. The van der Waals surface area contributed by atoms with Crippen LogP contribution in [0.4, 0.5) is 4.39 Å². The van der Waals surface area contributed by atoms with Crippen molar-refractivity contribution in [2.24, 2.45) is 0 Å². The summed E-state index contributed by atoms with van der Waals surface area (Å²) in [5, 5.41) is 11.2. The van der Waals surface area contributed by atoms with Gasteiger partial charge in [0, 0.05) is 27.1 Å². The number of hydrogen-bond donors (Lipinski definition) is 1. The third kappa shape index (κ3) is 4.67. The number of hydrogen-bond acceptors (Lipinski definition) is 2. The standard InChI is InChI=1S/C15H13Cl2FOS/c16-11-2-1-10(15(17)8-11)7-13(19)9-20-14-5-3-12(18)4-6-14/h1-6,8,13,19H,7,9H2. The van der Waals surface area contributed by atoms with Crippen LogP contribution in [0.5, 0.6) is 0 Å². The second kappa shape index (κ2) is 7.32. The van der Waals surface area contributed by atoms with E-state index < -0.39 is 6.10 Å². The van der Waals surface area contributed by atoms with Crippen molar-refractivity contribution in [3.8, 4) is 0 Å². The Labute approximate surface area is 131 Å². The fourth-order valence-corrected chi connectivity index (χ4v) is 3.04. The smallest absolute Gasteiger partial charge is 0.123 e. The van der Waals surface area contributed by atoms with Gasteiger partial charge in [-0.15, -0.1) is 11.8 Å². The maximum atomic E-state index is 12.8. The molecule has 106 valence electrons. The predicted molar refractivity (Wildman–Crippen MR) is 83.3 cm³/mol. The molecule has 0 amide bonds. The molecular weight excluding hydrogens is 318 g/mol. The van der Waals surface area contributed by atoms with Gasteiger partial charge < -0.3 is 5.11 Å². The molecule has 20 heavy (non-hydrogen) atoms. The molecule has 2 aromatic rings. The molecule has 0 bridgehead atoms. The average Bonchev–Trinajstić information content (AvgIpc) is 2.41. The van der Waals surface area contributed by atoms with E-state index in [1.807, 2.05) is 6.07 Å². The lowest BCUT2D eigenvalue weighted by atomic mass is 10.1. The van der Waals surface area contributed by atoms with E-state index >= 15 is 0 Å². The van der Waals surface area contributed by atoms with Gasteiger partial charge in [-0.1, -0.05) is 29.3 Å². The first-order valence-electron chi connectivity index (χ1n) is 6.05. The minimum Gasteiger partial charge on any atom is -0.392 e. The Bertz CT molecular complexity index is 575. The molecule has 1 N–H and O–H groups in total. The van der Waals surface area contributed by atoms with Crippen molar-refractivity contribution < 1.29 is 9.50 Å².